The average Bonchev–Trinajstić information content (AvgIpc) is 3.58. The molecule has 3 aromatic carbocycles. The van der Waals surface area contributed by atoms with Crippen molar-refractivity contribution in [2.75, 3.05) is 10.6 Å². The lowest BCUT2D eigenvalue weighted by Gasteiger charge is -2.20. The van der Waals surface area contributed by atoms with Gasteiger partial charge in [0.2, 0.25) is 0 Å². The first-order chi connectivity index (χ1) is 14.6. The van der Waals surface area contributed by atoms with Crippen LogP contribution < -0.4 is 16.0 Å². The van der Waals surface area contributed by atoms with Gasteiger partial charge in [-0.2, -0.15) is 0 Å². The van der Waals surface area contributed by atoms with Gasteiger partial charge in [-0.15, -0.1) is 0 Å². The molecule has 0 spiro atoms. The number of anilines is 2. The highest BCUT2D eigenvalue weighted by Crippen LogP contribution is 2.24. The van der Waals surface area contributed by atoms with Crippen LogP contribution in [0.2, 0.25) is 0 Å². The van der Waals surface area contributed by atoms with E-state index in [1.54, 1.807) is 18.2 Å². The molecule has 0 aromatic heterocycles. The van der Waals surface area contributed by atoms with Crippen LogP contribution in [0.3, 0.4) is 0 Å². The summed E-state index contributed by atoms with van der Waals surface area (Å²) in [6, 6.07) is 21.6. The topological polar surface area (TPSA) is 70.2 Å². The number of hydrogen-bond acceptors (Lipinski definition) is 3. The van der Waals surface area contributed by atoms with Gasteiger partial charge >= 0.3 is 0 Å². The number of nitrogens with one attached hydrogen (secondary N) is 3. The van der Waals surface area contributed by atoms with E-state index >= 15 is 0 Å². The van der Waals surface area contributed by atoms with Crippen molar-refractivity contribution in [1.82, 2.24) is 5.32 Å². The van der Waals surface area contributed by atoms with Crippen LogP contribution >= 0.6 is 0 Å². The average molecular weight is 403 g/mol. The second kappa shape index (κ2) is 8.78. The predicted molar refractivity (Wildman–Crippen MR) is 115 cm³/mol. The first-order valence-corrected chi connectivity index (χ1v) is 9.87. The third kappa shape index (κ3) is 5.03. The quantitative estimate of drug-likeness (QED) is 0.544. The third-order valence-corrected chi connectivity index (χ3v) is 4.86. The molecular weight excluding hydrogens is 381 g/mol. The summed E-state index contributed by atoms with van der Waals surface area (Å²) in [6.07, 6.45) is 2.03. The molecule has 0 heterocycles. The molecule has 3 aromatic rings. The first kappa shape index (κ1) is 19.6. The van der Waals surface area contributed by atoms with E-state index in [9.17, 15) is 14.0 Å². The molecule has 6 heteroatoms. The van der Waals surface area contributed by atoms with Gasteiger partial charge in [-0.1, -0.05) is 36.4 Å². The van der Waals surface area contributed by atoms with Crippen LogP contribution in [0.25, 0.3) is 0 Å². The minimum Gasteiger partial charge on any atom is -0.370 e. The molecule has 0 saturated heterocycles. The van der Waals surface area contributed by atoms with E-state index in [1.807, 2.05) is 36.4 Å². The highest BCUT2D eigenvalue weighted by Gasteiger charge is 2.24. The van der Waals surface area contributed by atoms with Crippen molar-refractivity contribution >= 4 is 23.2 Å². The first-order valence-electron chi connectivity index (χ1n) is 9.87. The van der Waals surface area contributed by atoms with E-state index in [4.69, 9.17) is 0 Å². The number of amides is 2. The summed E-state index contributed by atoms with van der Waals surface area (Å²) in [5, 5.41) is 9.00. The number of carbonyl (C=O) groups is 2. The molecule has 5 nitrogen and oxygen atoms in total. The largest absolute Gasteiger partial charge is 0.370 e. The van der Waals surface area contributed by atoms with Crippen LogP contribution in [-0.2, 0) is 4.79 Å². The summed E-state index contributed by atoms with van der Waals surface area (Å²) < 4.78 is 13.2. The number of benzene rings is 3. The van der Waals surface area contributed by atoms with Crippen LogP contribution in [0, 0.1) is 5.82 Å². The normalized spacial score (nSPS) is 13.9. The van der Waals surface area contributed by atoms with Crippen LogP contribution in [0.1, 0.15) is 34.8 Å². The Labute approximate surface area is 174 Å². The number of halogens is 1. The lowest BCUT2D eigenvalue weighted by atomic mass is 10.0. The van der Waals surface area contributed by atoms with E-state index in [-0.39, 0.29) is 23.7 Å². The van der Waals surface area contributed by atoms with Gasteiger partial charge < -0.3 is 16.0 Å². The fourth-order valence-electron chi connectivity index (χ4n) is 3.11. The Morgan fingerprint density at radius 2 is 1.60 bits per heavy atom. The Morgan fingerprint density at radius 1 is 0.867 bits per heavy atom. The second-order valence-corrected chi connectivity index (χ2v) is 7.31. The smallest absolute Gasteiger partial charge is 0.251 e. The molecule has 1 aliphatic rings. The summed E-state index contributed by atoms with van der Waals surface area (Å²) >= 11 is 0. The molecule has 30 heavy (non-hydrogen) atoms. The molecule has 1 saturated carbocycles. The fourth-order valence-corrected chi connectivity index (χ4v) is 3.11. The molecule has 0 bridgehead atoms. The SMILES string of the molecule is O=C(NC1CC1)c1cccc(NC(C(=O)Nc2ccc(F)cc2)c2ccccc2)c1. The molecule has 4 rings (SSSR count). The van der Waals surface area contributed by atoms with E-state index in [1.165, 1.54) is 24.3 Å². The van der Waals surface area contributed by atoms with Gasteiger partial charge in [-0.3, -0.25) is 9.59 Å². The molecular formula is C24H22FN3O2. The van der Waals surface area contributed by atoms with Crippen molar-refractivity contribution < 1.29 is 14.0 Å². The summed E-state index contributed by atoms with van der Waals surface area (Å²) in [5.74, 6) is -0.777. The van der Waals surface area contributed by atoms with E-state index in [0.717, 1.165) is 18.4 Å². The summed E-state index contributed by atoms with van der Waals surface area (Å²) in [7, 11) is 0. The van der Waals surface area contributed by atoms with Crippen LogP contribution in [-0.4, -0.2) is 17.9 Å². The van der Waals surface area contributed by atoms with Gasteiger partial charge in [0, 0.05) is 23.0 Å². The maximum absolute atomic E-state index is 13.2. The maximum atomic E-state index is 13.2. The van der Waals surface area contributed by atoms with Gasteiger partial charge in [0.25, 0.3) is 11.8 Å². The Bertz CT molecular complexity index is 1030. The second-order valence-electron chi connectivity index (χ2n) is 7.31. The monoisotopic (exact) mass is 403 g/mol. The van der Waals surface area contributed by atoms with Crippen molar-refractivity contribution in [3.63, 3.8) is 0 Å². The van der Waals surface area contributed by atoms with Crippen molar-refractivity contribution in [1.29, 1.82) is 0 Å². The van der Waals surface area contributed by atoms with Gasteiger partial charge in [-0.25, -0.2) is 4.39 Å². The van der Waals surface area contributed by atoms with E-state index < -0.39 is 6.04 Å². The predicted octanol–water partition coefficient (Wildman–Crippen LogP) is 4.51. The Kier molecular flexibility index (Phi) is 5.75. The van der Waals surface area contributed by atoms with Gasteiger partial charge in [0.1, 0.15) is 11.9 Å². The van der Waals surface area contributed by atoms with Crippen molar-refractivity contribution in [2.24, 2.45) is 0 Å². The van der Waals surface area contributed by atoms with Crippen LogP contribution in [0.4, 0.5) is 15.8 Å². The molecule has 0 aliphatic heterocycles. The van der Waals surface area contributed by atoms with Crippen molar-refractivity contribution in [3.05, 3.63) is 95.8 Å². The van der Waals surface area contributed by atoms with E-state index in [0.29, 0.717) is 16.9 Å². The van der Waals surface area contributed by atoms with E-state index in [2.05, 4.69) is 16.0 Å². The Balaban J connectivity index is 1.55. The zero-order valence-corrected chi connectivity index (χ0v) is 16.3. The molecule has 0 radical (unpaired) electrons. The molecule has 1 atom stereocenters. The molecule has 1 unspecified atom stereocenters. The zero-order chi connectivity index (χ0) is 20.9. The highest BCUT2D eigenvalue weighted by atomic mass is 19.1. The standard InChI is InChI=1S/C24H22FN3O2/c25-18-9-11-19(12-10-18)28-24(30)22(16-5-2-1-3-6-16)26-21-8-4-7-17(15-21)23(29)27-20-13-14-20/h1-12,15,20,22,26H,13-14H2,(H,27,29)(H,28,30). The fraction of sp³-hybridized carbons (Fsp3) is 0.167. The molecule has 1 aliphatic carbocycles. The summed E-state index contributed by atoms with van der Waals surface area (Å²) in [5.41, 5.74) is 2.46. The number of carbonyl (C=O) groups excluding carboxylic acids is 2. The van der Waals surface area contributed by atoms with Gasteiger partial charge in [-0.05, 0) is 60.9 Å². The Hall–Kier alpha value is -3.67. The van der Waals surface area contributed by atoms with Crippen LogP contribution in [0.5, 0.6) is 0 Å². The molecule has 152 valence electrons. The Morgan fingerprint density at radius 3 is 2.30 bits per heavy atom. The minimum atomic E-state index is -0.696. The summed E-state index contributed by atoms with van der Waals surface area (Å²) in [4.78, 5) is 25.4. The lowest BCUT2D eigenvalue weighted by molar-refractivity contribution is -0.117. The highest BCUT2D eigenvalue weighted by molar-refractivity contribution is 5.98. The minimum absolute atomic E-state index is 0.117. The lowest BCUT2D eigenvalue weighted by Crippen LogP contribution is -2.28. The number of hydrogen-bond donors (Lipinski definition) is 3. The van der Waals surface area contributed by atoms with Crippen LogP contribution in [0.15, 0.2) is 78.9 Å². The number of rotatable bonds is 7. The maximum Gasteiger partial charge on any atom is 0.251 e. The zero-order valence-electron chi connectivity index (χ0n) is 16.3. The molecule has 1 fully saturated rings. The summed E-state index contributed by atoms with van der Waals surface area (Å²) in [6.45, 7) is 0. The van der Waals surface area contributed by atoms with Crippen molar-refractivity contribution in [3.8, 4) is 0 Å². The third-order valence-electron chi connectivity index (χ3n) is 4.86. The van der Waals surface area contributed by atoms with Crippen molar-refractivity contribution in [2.45, 2.75) is 24.9 Å². The molecule has 2 amide bonds. The molecule has 3 N–H and O–H groups in total. The van der Waals surface area contributed by atoms with Gasteiger partial charge in [0.05, 0.1) is 0 Å². The van der Waals surface area contributed by atoms with Gasteiger partial charge in [0.15, 0.2) is 0 Å².